The molecule has 0 saturated heterocycles. The number of aryl methyl sites for hydroxylation is 1. The minimum atomic E-state index is -4.99. The zero-order valence-electron chi connectivity index (χ0n) is 8.37. The summed E-state index contributed by atoms with van der Waals surface area (Å²) >= 11 is 0. The topological polar surface area (TPSA) is 23.8 Å². The van der Waals surface area contributed by atoms with Gasteiger partial charge in [-0.25, -0.2) is 0 Å². The molecule has 7 heteroatoms. The second-order valence-electron chi connectivity index (χ2n) is 3.32. The van der Waals surface area contributed by atoms with Crippen molar-refractivity contribution >= 4 is 0 Å². The number of nitrogens with zero attached hydrogens (tertiary/aromatic N) is 1. The van der Waals surface area contributed by atoms with Crippen LogP contribution in [0.15, 0.2) is 12.1 Å². The SMILES string of the molecule is Cc1cc(C#N)c(C(F)(F)F)cc1C(F)(F)F. The minimum absolute atomic E-state index is 0.0338. The highest BCUT2D eigenvalue weighted by Crippen LogP contribution is 2.38. The Balaban J connectivity index is 3.57. The lowest BCUT2D eigenvalue weighted by Crippen LogP contribution is -2.14. The average Bonchev–Trinajstić information content (AvgIpc) is 2.13. The number of nitriles is 1. The molecule has 0 atom stereocenters. The first-order valence-corrected chi connectivity index (χ1v) is 4.26. The van der Waals surface area contributed by atoms with Gasteiger partial charge in [-0.3, -0.25) is 0 Å². The van der Waals surface area contributed by atoms with Crippen molar-refractivity contribution in [2.24, 2.45) is 0 Å². The van der Waals surface area contributed by atoms with E-state index in [1.165, 1.54) is 6.07 Å². The van der Waals surface area contributed by atoms with E-state index in [1.807, 2.05) is 0 Å². The van der Waals surface area contributed by atoms with Crippen LogP contribution < -0.4 is 0 Å². The Kier molecular flexibility index (Phi) is 3.10. The van der Waals surface area contributed by atoms with Crippen LogP contribution in [0.25, 0.3) is 0 Å². The number of halogens is 6. The second-order valence-corrected chi connectivity index (χ2v) is 3.32. The first-order valence-electron chi connectivity index (χ1n) is 4.26. The molecule has 0 saturated carbocycles. The highest BCUT2D eigenvalue weighted by molar-refractivity contribution is 5.46. The van der Waals surface area contributed by atoms with Crippen LogP contribution in [0.3, 0.4) is 0 Å². The number of rotatable bonds is 0. The highest BCUT2D eigenvalue weighted by atomic mass is 19.4. The van der Waals surface area contributed by atoms with E-state index in [1.54, 1.807) is 0 Å². The van der Waals surface area contributed by atoms with Gasteiger partial charge in [-0.1, -0.05) is 0 Å². The molecule has 0 bridgehead atoms. The van der Waals surface area contributed by atoms with Gasteiger partial charge in [-0.2, -0.15) is 31.6 Å². The van der Waals surface area contributed by atoms with Gasteiger partial charge in [0.05, 0.1) is 22.8 Å². The van der Waals surface area contributed by atoms with E-state index in [-0.39, 0.29) is 6.07 Å². The van der Waals surface area contributed by atoms with E-state index in [4.69, 9.17) is 5.26 Å². The van der Waals surface area contributed by atoms with Gasteiger partial charge in [0.1, 0.15) is 0 Å². The maximum Gasteiger partial charge on any atom is 0.417 e. The van der Waals surface area contributed by atoms with Gasteiger partial charge < -0.3 is 0 Å². The number of alkyl halides is 6. The normalized spacial score (nSPS) is 12.4. The van der Waals surface area contributed by atoms with Gasteiger partial charge in [0.25, 0.3) is 0 Å². The van der Waals surface area contributed by atoms with Gasteiger partial charge >= 0.3 is 12.4 Å². The molecule has 0 aliphatic heterocycles. The summed E-state index contributed by atoms with van der Waals surface area (Å²) in [5, 5.41) is 8.47. The molecule has 1 nitrogen and oxygen atoms in total. The zero-order chi connectivity index (χ0) is 13.4. The van der Waals surface area contributed by atoms with Gasteiger partial charge in [0, 0.05) is 0 Å². The third-order valence-electron chi connectivity index (χ3n) is 2.10. The smallest absolute Gasteiger partial charge is 0.192 e. The molecule has 1 aromatic carbocycles. The van der Waals surface area contributed by atoms with Crippen molar-refractivity contribution in [2.45, 2.75) is 19.3 Å². The largest absolute Gasteiger partial charge is 0.417 e. The molecule has 0 N–H and O–H groups in total. The summed E-state index contributed by atoms with van der Waals surface area (Å²) in [6.45, 7) is 1.00. The molecule has 0 unspecified atom stereocenters. The van der Waals surface area contributed by atoms with Crippen LogP contribution in [0.5, 0.6) is 0 Å². The Morgan fingerprint density at radius 1 is 0.941 bits per heavy atom. The van der Waals surface area contributed by atoms with Crippen LogP contribution in [0.4, 0.5) is 26.3 Å². The molecule has 0 aromatic heterocycles. The maximum atomic E-state index is 12.4. The van der Waals surface area contributed by atoms with E-state index in [0.29, 0.717) is 6.07 Å². The van der Waals surface area contributed by atoms with Gasteiger partial charge in [-0.05, 0) is 24.6 Å². The van der Waals surface area contributed by atoms with Crippen molar-refractivity contribution in [3.63, 3.8) is 0 Å². The van der Waals surface area contributed by atoms with Crippen LogP contribution >= 0.6 is 0 Å². The molecular weight excluding hydrogens is 248 g/mol. The summed E-state index contributed by atoms with van der Waals surface area (Å²) in [6, 6.07) is 1.79. The van der Waals surface area contributed by atoms with Crippen LogP contribution in [0.1, 0.15) is 22.3 Å². The summed E-state index contributed by atoms with van der Waals surface area (Å²) in [7, 11) is 0. The van der Waals surface area contributed by atoms with E-state index in [9.17, 15) is 26.3 Å². The van der Waals surface area contributed by atoms with Crippen LogP contribution in [-0.2, 0) is 12.4 Å². The fourth-order valence-corrected chi connectivity index (χ4v) is 1.34. The summed E-state index contributed by atoms with van der Waals surface area (Å²) in [5.41, 5.74) is -4.19. The molecule has 1 rings (SSSR count). The Hall–Kier alpha value is -1.71. The van der Waals surface area contributed by atoms with Crippen molar-refractivity contribution in [2.75, 3.05) is 0 Å². The Labute approximate surface area is 92.3 Å². The number of hydrogen-bond donors (Lipinski definition) is 0. The van der Waals surface area contributed by atoms with E-state index in [0.717, 1.165) is 6.92 Å². The molecule has 1 aromatic rings. The first-order chi connectivity index (χ1) is 7.57. The summed E-state index contributed by atoms with van der Waals surface area (Å²) in [5.74, 6) is 0. The molecule has 0 spiro atoms. The van der Waals surface area contributed by atoms with Crippen molar-refractivity contribution < 1.29 is 26.3 Å². The van der Waals surface area contributed by atoms with Crippen LogP contribution in [0.2, 0.25) is 0 Å². The minimum Gasteiger partial charge on any atom is -0.192 e. The fraction of sp³-hybridized carbons (Fsp3) is 0.300. The van der Waals surface area contributed by atoms with Crippen molar-refractivity contribution in [3.8, 4) is 6.07 Å². The molecule has 0 fully saturated rings. The predicted octanol–water partition coefficient (Wildman–Crippen LogP) is 3.90. The zero-order valence-corrected chi connectivity index (χ0v) is 8.37. The van der Waals surface area contributed by atoms with Gasteiger partial charge in [0.15, 0.2) is 0 Å². The average molecular weight is 253 g/mol. The lowest BCUT2D eigenvalue weighted by molar-refractivity contribution is -0.143. The molecule has 0 radical (unpaired) electrons. The van der Waals surface area contributed by atoms with Gasteiger partial charge in [0.2, 0.25) is 0 Å². The van der Waals surface area contributed by atoms with Crippen molar-refractivity contribution in [1.29, 1.82) is 5.26 Å². The van der Waals surface area contributed by atoms with E-state index < -0.39 is 34.6 Å². The Bertz CT molecular complexity index is 477. The molecular formula is C10H5F6N. The molecule has 0 aliphatic rings. The van der Waals surface area contributed by atoms with Gasteiger partial charge in [-0.15, -0.1) is 0 Å². The molecule has 17 heavy (non-hydrogen) atoms. The lowest BCUT2D eigenvalue weighted by atomic mass is 9.99. The third-order valence-corrected chi connectivity index (χ3v) is 2.10. The van der Waals surface area contributed by atoms with E-state index in [2.05, 4.69) is 0 Å². The van der Waals surface area contributed by atoms with Crippen LogP contribution in [0, 0.1) is 18.3 Å². The molecule has 0 heterocycles. The van der Waals surface area contributed by atoms with Crippen molar-refractivity contribution in [3.05, 3.63) is 34.4 Å². The summed E-state index contributed by atoms with van der Waals surface area (Å²) < 4.78 is 74.5. The summed E-state index contributed by atoms with van der Waals surface area (Å²) in [4.78, 5) is 0. The maximum absolute atomic E-state index is 12.4. The Morgan fingerprint density at radius 2 is 1.41 bits per heavy atom. The quantitative estimate of drug-likeness (QED) is 0.643. The summed E-state index contributed by atoms with van der Waals surface area (Å²) in [6.07, 6.45) is -9.86. The Morgan fingerprint density at radius 3 is 1.76 bits per heavy atom. The van der Waals surface area contributed by atoms with Crippen LogP contribution in [-0.4, -0.2) is 0 Å². The van der Waals surface area contributed by atoms with E-state index >= 15 is 0 Å². The molecule has 0 amide bonds. The lowest BCUT2D eigenvalue weighted by Gasteiger charge is -2.15. The fourth-order valence-electron chi connectivity index (χ4n) is 1.34. The highest BCUT2D eigenvalue weighted by Gasteiger charge is 2.39. The standard InChI is InChI=1S/C10H5F6N/c1-5-2-6(4-17)8(10(14,15)16)3-7(5)9(11,12)13/h2-3H,1H3. The second kappa shape index (κ2) is 3.95. The number of benzene rings is 1. The molecule has 92 valence electrons. The number of hydrogen-bond acceptors (Lipinski definition) is 1. The molecule has 0 aliphatic carbocycles. The third kappa shape index (κ3) is 2.70. The predicted molar refractivity (Wildman–Crippen MR) is 45.9 cm³/mol. The van der Waals surface area contributed by atoms with Crippen molar-refractivity contribution in [1.82, 2.24) is 0 Å². The first kappa shape index (κ1) is 13.4. The monoisotopic (exact) mass is 253 g/mol.